The third-order valence-corrected chi connectivity index (χ3v) is 11.5. The first-order chi connectivity index (χ1) is 16.0. The Morgan fingerprint density at radius 1 is 1.26 bits per heavy atom. The number of hydrogen-bond acceptors (Lipinski definition) is 6. The van der Waals surface area contributed by atoms with E-state index in [-0.39, 0.29) is 22.9 Å². The van der Waals surface area contributed by atoms with E-state index in [9.17, 15) is 4.79 Å². The Kier molecular flexibility index (Phi) is 8.43. The highest BCUT2D eigenvalue weighted by molar-refractivity contribution is 6.74. The predicted octanol–water partition coefficient (Wildman–Crippen LogP) is 4.24. The van der Waals surface area contributed by atoms with E-state index in [0.29, 0.717) is 13.0 Å². The van der Waals surface area contributed by atoms with Gasteiger partial charge in [-0.05, 0) is 37.2 Å². The first-order valence-electron chi connectivity index (χ1n) is 12.0. The van der Waals surface area contributed by atoms with Crippen molar-refractivity contribution in [1.82, 2.24) is 9.55 Å². The van der Waals surface area contributed by atoms with Crippen LogP contribution in [0.1, 0.15) is 50.6 Å². The summed E-state index contributed by atoms with van der Waals surface area (Å²) < 4.78 is 20.3. The molecule has 0 unspecified atom stereocenters. The van der Waals surface area contributed by atoms with Gasteiger partial charge in [-0.1, -0.05) is 26.8 Å². The lowest BCUT2D eigenvalue weighted by Crippen LogP contribution is -2.45. The maximum absolute atomic E-state index is 11.6. The molecule has 2 heterocycles. The monoisotopic (exact) mass is 488 g/mol. The molecule has 34 heavy (non-hydrogen) atoms. The number of hydrogen-bond donors (Lipinski definition) is 1. The Morgan fingerprint density at radius 3 is 2.59 bits per heavy atom. The molecule has 1 amide bonds. The Hall–Kier alpha value is -2.36. The van der Waals surface area contributed by atoms with Crippen molar-refractivity contribution in [3.8, 4) is 5.75 Å². The smallest absolute Gasteiger partial charge is 0.268 e. The van der Waals surface area contributed by atoms with Gasteiger partial charge in [0.1, 0.15) is 11.4 Å². The van der Waals surface area contributed by atoms with Crippen LogP contribution in [0.4, 0.5) is 5.69 Å². The van der Waals surface area contributed by atoms with Crippen molar-refractivity contribution in [3.63, 3.8) is 0 Å². The standard InChI is InChI=1S/C25H40N4O4Si/c1-19(33-34(5,6)25(2,3)4)23(29-17-22(24(26)30)27-18-29)10-13-32-21-9-7-8-20(16-21)28-11-14-31-15-12-28/h7-9,16-19,23H,10-15H2,1-6H3,(H2,26,30)/t19-,23+/m0/s1. The molecule has 1 aliphatic heterocycles. The summed E-state index contributed by atoms with van der Waals surface area (Å²) >= 11 is 0. The number of rotatable bonds is 10. The van der Waals surface area contributed by atoms with Gasteiger partial charge in [0.25, 0.3) is 5.91 Å². The Balaban J connectivity index is 1.71. The molecule has 2 aromatic rings. The predicted molar refractivity (Wildman–Crippen MR) is 137 cm³/mol. The molecule has 9 heteroatoms. The minimum absolute atomic E-state index is 0.0443. The molecular formula is C25H40N4O4Si. The summed E-state index contributed by atoms with van der Waals surface area (Å²) in [6.07, 6.45) is 3.98. The van der Waals surface area contributed by atoms with Gasteiger partial charge in [-0.3, -0.25) is 4.79 Å². The van der Waals surface area contributed by atoms with Crippen molar-refractivity contribution < 1.29 is 18.7 Å². The van der Waals surface area contributed by atoms with Crippen molar-refractivity contribution in [3.05, 3.63) is 42.5 Å². The molecule has 8 nitrogen and oxygen atoms in total. The molecule has 0 bridgehead atoms. The van der Waals surface area contributed by atoms with Crippen LogP contribution in [-0.4, -0.2) is 62.8 Å². The second kappa shape index (κ2) is 10.9. The molecule has 0 aliphatic carbocycles. The summed E-state index contributed by atoms with van der Waals surface area (Å²) in [4.78, 5) is 18.1. The first-order valence-corrected chi connectivity index (χ1v) is 15.0. The molecule has 3 rings (SSSR count). The van der Waals surface area contributed by atoms with Crippen LogP contribution >= 0.6 is 0 Å². The van der Waals surface area contributed by atoms with Gasteiger partial charge >= 0.3 is 0 Å². The number of primary amides is 1. The van der Waals surface area contributed by atoms with Gasteiger partial charge in [-0.15, -0.1) is 0 Å². The van der Waals surface area contributed by atoms with Crippen molar-refractivity contribution in [2.45, 2.75) is 64.4 Å². The summed E-state index contributed by atoms with van der Waals surface area (Å²) in [5.41, 5.74) is 6.84. The summed E-state index contributed by atoms with van der Waals surface area (Å²) in [5.74, 6) is 0.302. The fourth-order valence-corrected chi connectivity index (χ4v) is 5.32. The molecule has 1 aromatic carbocycles. The van der Waals surface area contributed by atoms with Crippen LogP contribution in [0.25, 0.3) is 0 Å². The number of anilines is 1. The molecule has 0 saturated carbocycles. The lowest BCUT2D eigenvalue weighted by Gasteiger charge is -2.40. The third kappa shape index (κ3) is 6.61. The fourth-order valence-electron chi connectivity index (χ4n) is 3.88. The summed E-state index contributed by atoms with van der Waals surface area (Å²) in [7, 11) is -1.99. The van der Waals surface area contributed by atoms with E-state index in [1.807, 2.05) is 16.7 Å². The lowest BCUT2D eigenvalue weighted by atomic mass is 10.1. The van der Waals surface area contributed by atoms with Crippen LogP contribution in [-0.2, 0) is 9.16 Å². The van der Waals surface area contributed by atoms with Crippen molar-refractivity contribution >= 4 is 19.9 Å². The number of carbonyl (C=O) groups excluding carboxylic acids is 1. The van der Waals surface area contributed by atoms with Gasteiger partial charge in [0.15, 0.2) is 8.32 Å². The molecular weight excluding hydrogens is 448 g/mol. The number of ether oxygens (including phenoxy) is 2. The maximum Gasteiger partial charge on any atom is 0.268 e. The number of morpholine rings is 1. The van der Waals surface area contributed by atoms with Crippen LogP contribution in [0, 0.1) is 0 Å². The van der Waals surface area contributed by atoms with Gasteiger partial charge in [0.05, 0.1) is 38.3 Å². The van der Waals surface area contributed by atoms with Crippen LogP contribution in [0.5, 0.6) is 5.75 Å². The van der Waals surface area contributed by atoms with E-state index < -0.39 is 14.2 Å². The SMILES string of the molecule is C[C@H](O[Si](C)(C)C(C)(C)C)[C@@H](CCOc1cccc(N2CCOCC2)c1)n1cnc(C(N)=O)c1. The number of amides is 1. The van der Waals surface area contributed by atoms with Crippen LogP contribution < -0.4 is 15.4 Å². The molecule has 1 aliphatic rings. The first kappa shape index (κ1) is 26.2. The molecule has 1 aromatic heterocycles. The third-order valence-electron chi connectivity index (χ3n) is 6.94. The zero-order valence-electron chi connectivity index (χ0n) is 21.4. The van der Waals surface area contributed by atoms with Crippen molar-refractivity contribution in [1.29, 1.82) is 0 Å². The van der Waals surface area contributed by atoms with Crippen LogP contribution in [0.15, 0.2) is 36.8 Å². The lowest BCUT2D eigenvalue weighted by molar-refractivity contribution is 0.0994. The largest absolute Gasteiger partial charge is 0.493 e. The highest BCUT2D eigenvalue weighted by Gasteiger charge is 2.40. The van der Waals surface area contributed by atoms with E-state index in [4.69, 9.17) is 19.6 Å². The van der Waals surface area contributed by atoms with Gasteiger partial charge < -0.3 is 29.1 Å². The number of aromatic nitrogens is 2. The highest BCUT2D eigenvalue weighted by Crippen LogP contribution is 2.39. The molecule has 0 radical (unpaired) electrons. The average molecular weight is 489 g/mol. The maximum atomic E-state index is 11.6. The molecule has 188 valence electrons. The van der Waals surface area contributed by atoms with E-state index in [2.05, 4.69) is 62.8 Å². The van der Waals surface area contributed by atoms with Gasteiger partial charge in [0.2, 0.25) is 0 Å². The van der Waals surface area contributed by atoms with Gasteiger partial charge in [0, 0.05) is 37.5 Å². The van der Waals surface area contributed by atoms with Crippen molar-refractivity contribution in [2.24, 2.45) is 5.73 Å². The molecule has 0 spiro atoms. The normalized spacial score (nSPS) is 16.8. The van der Waals surface area contributed by atoms with E-state index in [0.717, 1.165) is 37.7 Å². The minimum atomic E-state index is -1.99. The second-order valence-corrected chi connectivity index (χ2v) is 15.2. The highest BCUT2D eigenvalue weighted by atomic mass is 28.4. The summed E-state index contributed by atoms with van der Waals surface area (Å²) in [5, 5.41) is 0.0928. The summed E-state index contributed by atoms with van der Waals surface area (Å²) in [6, 6.07) is 8.15. The van der Waals surface area contributed by atoms with E-state index >= 15 is 0 Å². The molecule has 1 fully saturated rings. The van der Waals surface area contributed by atoms with Gasteiger partial charge in [-0.25, -0.2) is 4.98 Å². The number of nitrogens with zero attached hydrogens (tertiary/aromatic N) is 3. The average Bonchev–Trinajstić information content (AvgIpc) is 3.26. The topological polar surface area (TPSA) is 91.8 Å². The minimum Gasteiger partial charge on any atom is -0.493 e. The van der Waals surface area contributed by atoms with Crippen LogP contribution in [0.3, 0.4) is 0 Å². The Morgan fingerprint density at radius 2 is 1.97 bits per heavy atom. The molecule has 1 saturated heterocycles. The van der Waals surface area contributed by atoms with Gasteiger partial charge in [-0.2, -0.15) is 0 Å². The summed E-state index contributed by atoms with van der Waals surface area (Å²) in [6.45, 7) is 17.0. The van der Waals surface area contributed by atoms with Crippen LogP contribution in [0.2, 0.25) is 18.1 Å². The number of carbonyl (C=O) groups is 1. The van der Waals surface area contributed by atoms with E-state index in [1.165, 1.54) is 0 Å². The zero-order chi connectivity index (χ0) is 24.9. The Bertz CT molecular complexity index is 950. The fraction of sp³-hybridized carbons (Fsp3) is 0.600. The Labute approximate surface area is 204 Å². The van der Waals surface area contributed by atoms with Crippen molar-refractivity contribution in [2.75, 3.05) is 37.8 Å². The number of benzene rings is 1. The second-order valence-electron chi connectivity index (χ2n) is 10.5. The molecule has 2 atom stereocenters. The number of imidazole rings is 1. The quantitative estimate of drug-likeness (QED) is 0.503. The molecule has 2 N–H and O–H groups in total. The number of nitrogens with two attached hydrogens (primary N) is 1. The zero-order valence-corrected chi connectivity index (χ0v) is 22.4. The van der Waals surface area contributed by atoms with E-state index in [1.54, 1.807) is 12.5 Å².